The molecule has 1 aliphatic rings. The average Bonchev–Trinajstić information content (AvgIpc) is 2.86. The monoisotopic (exact) mass is 281 g/mol. The number of nitro groups is 1. The molecule has 0 amide bonds. The summed E-state index contributed by atoms with van der Waals surface area (Å²) in [4.78, 5) is 18.7. The Hall–Kier alpha value is -1.96. The van der Waals surface area contributed by atoms with E-state index >= 15 is 0 Å². The SMILES string of the molecule is CCNc1ncnc(NC2CCCC2OC)c1[N+](=O)[O-]. The molecule has 20 heavy (non-hydrogen) atoms. The Bertz CT molecular complexity index is 482. The molecule has 2 atom stereocenters. The van der Waals surface area contributed by atoms with Crippen molar-refractivity contribution >= 4 is 17.3 Å². The van der Waals surface area contributed by atoms with Crippen molar-refractivity contribution in [1.29, 1.82) is 0 Å². The second kappa shape index (κ2) is 6.47. The summed E-state index contributed by atoms with van der Waals surface area (Å²) in [6.07, 6.45) is 4.29. The van der Waals surface area contributed by atoms with Gasteiger partial charge >= 0.3 is 5.69 Å². The topological polar surface area (TPSA) is 102 Å². The molecule has 1 aromatic rings. The van der Waals surface area contributed by atoms with Crippen LogP contribution in [0, 0.1) is 10.1 Å². The molecule has 110 valence electrons. The van der Waals surface area contributed by atoms with Crippen LogP contribution in [0.4, 0.5) is 17.3 Å². The van der Waals surface area contributed by atoms with Gasteiger partial charge in [-0.2, -0.15) is 0 Å². The molecule has 2 N–H and O–H groups in total. The highest BCUT2D eigenvalue weighted by Crippen LogP contribution is 2.32. The zero-order chi connectivity index (χ0) is 14.5. The molecule has 8 nitrogen and oxygen atoms in total. The minimum absolute atomic E-state index is 0.0445. The molecule has 0 saturated heterocycles. The molecule has 0 aliphatic heterocycles. The normalized spacial score (nSPS) is 21.7. The number of rotatable bonds is 6. The quantitative estimate of drug-likeness (QED) is 0.605. The summed E-state index contributed by atoms with van der Waals surface area (Å²) in [5.74, 6) is 0.483. The van der Waals surface area contributed by atoms with Crippen molar-refractivity contribution in [2.45, 2.75) is 38.3 Å². The third kappa shape index (κ3) is 2.96. The first-order chi connectivity index (χ1) is 9.67. The first-order valence-corrected chi connectivity index (χ1v) is 6.70. The van der Waals surface area contributed by atoms with Crippen LogP contribution < -0.4 is 10.6 Å². The fraction of sp³-hybridized carbons (Fsp3) is 0.667. The zero-order valence-electron chi connectivity index (χ0n) is 11.6. The van der Waals surface area contributed by atoms with Crippen molar-refractivity contribution in [2.75, 3.05) is 24.3 Å². The van der Waals surface area contributed by atoms with Crippen LogP contribution in [-0.2, 0) is 4.74 Å². The van der Waals surface area contributed by atoms with Gasteiger partial charge in [-0.25, -0.2) is 9.97 Å². The van der Waals surface area contributed by atoms with E-state index in [0.29, 0.717) is 6.54 Å². The van der Waals surface area contributed by atoms with E-state index in [1.807, 2.05) is 6.92 Å². The molecule has 0 aromatic carbocycles. The zero-order valence-corrected chi connectivity index (χ0v) is 11.6. The van der Waals surface area contributed by atoms with Crippen LogP contribution in [0.25, 0.3) is 0 Å². The standard InChI is InChI=1S/C12H19N5O3/c1-3-13-11-10(17(18)19)12(15-7-14-11)16-8-5-4-6-9(8)20-2/h7-9H,3-6H2,1-2H3,(H2,13,14,15,16). The summed E-state index contributed by atoms with van der Waals surface area (Å²) in [7, 11) is 1.66. The van der Waals surface area contributed by atoms with Crippen LogP contribution in [0.5, 0.6) is 0 Å². The first kappa shape index (κ1) is 14.4. The molecule has 0 radical (unpaired) electrons. The fourth-order valence-corrected chi connectivity index (χ4v) is 2.50. The molecular weight excluding hydrogens is 262 g/mol. The Morgan fingerprint density at radius 3 is 2.85 bits per heavy atom. The number of aromatic nitrogens is 2. The predicted molar refractivity (Wildman–Crippen MR) is 74.9 cm³/mol. The van der Waals surface area contributed by atoms with Crippen molar-refractivity contribution in [3.8, 4) is 0 Å². The molecule has 0 spiro atoms. The molecule has 2 unspecified atom stereocenters. The smallest absolute Gasteiger partial charge is 0.353 e. The Kier molecular flexibility index (Phi) is 4.67. The summed E-state index contributed by atoms with van der Waals surface area (Å²) in [6.45, 7) is 2.41. The van der Waals surface area contributed by atoms with Crippen LogP contribution in [0.3, 0.4) is 0 Å². The molecule has 8 heteroatoms. The lowest BCUT2D eigenvalue weighted by atomic mass is 10.2. The van der Waals surface area contributed by atoms with Gasteiger partial charge in [-0.3, -0.25) is 10.1 Å². The van der Waals surface area contributed by atoms with Gasteiger partial charge in [0.15, 0.2) is 0 Å². The lowest BCUT2D eigenvalue weighted by molar-refractivity contribution is -0.383. The molecule has 1 aromatic heterocycles. The van der Waals surface area contributed by atoms with Gasteiger partial charge in [-0.1, -0.05) is 0 Å². The molecule has 2 rings (SSSR count). The summed E-state index contributed by atoms with van der Waals surface area (Å²) in [6, 6.07) is 0.0445. The average molecular weight is 281 g/mol. The van der Waals surface area contributed by atoms with Crippen LogP contribution in [0.1, 0.15) is 26.2 Å². The van der Waals surface area contributed by atoms with Crippen LogP contribution >= 0.6 is 0 Å². The van der Waals surface area contributed by atoms with Gasteiger partial charge in [0.2, 0.25) is 11.6 Å². The Labute approximate surface area is 117 Å². The highest BCUT2D eigenvalue weighted by atomic mass is 16.6. The maximum absolute atomic E-state index is 11.3. The van der Waals surface area contributed by atoms with E-state index < -0.39 is 4.92 Å². The van der Waals surface area contributed by atoms with Gasteiger partial charge in [0.25, 0.3) is 0 Å². The van der Waals surface area contributed by atoms with E-state index in [9.17, 15) is 10.1 Å². The van der Waals surface area contributed by atoms with E-state index in [2.05, 4.69) is 20.6 Å². The van der Waals surface area contributed by atoms with E-state index in [-0.39, 0.29) is 29.5 Å². The molecule has 1 aliphatic carbocycles. The largest absolute Gasteiger partial charge is 0.379 e. The van der Waals surface area contributed by atoms with E-state index in [1.165, 1.54) is 6.33 Å². The van der Waals surface area contributed by atoms with Gasteiger partial charge < -0.3 is 15.4 Å². The number of anilines is 2. The van der Waals surface area contributed by atoms with Crippen molar-refractivity contribution in [3.63, 3.8) is 0 Å². The molecule has 1 fully saturated rings. The number of hydrogen-bond acceptors (Lipinski definition) is 7. The minimum atomic E-state index is -0.461. The lowest BCUT2D eigenvalue weighted by Gasteiger charge is -2.20. The number of hydrogen-bond donors (Lipinski definition) is 2. The minimum Gasteiger partial charge on any atom is -0.379 e. The van der Waals surface area contributed by atoms with E-state index in [1.54, 1.807) is 7.11 Å². The maximum Gasteiger partial charge on any atom is 0.353 e. The van der Waals surface area contributed by atoms with Crippen molar-refractivity contribution in [1.82, 2.24) is 9.97 Å². The van der Waals surface area contributed by atoms with Crippen LogP contribution in [0.2, 0.25) is 0 Å². The summed E-state index contributed by atoms with van der Waals surface area (Å²) in [5, 5.41) is 17.3. The third-order valence-corrected chi connectivity index (χ3v) is 3.43. The Balaban J connectivity index is 2.26. The number of ether oxygens (including phenoxy) is 1. The number of nitrogens with one attached hydrogen (secondary N) is 2. The number of nitrogens with zero attached hydrogens (tertiary/aromatic N) is 3. The molecule has 0 bridgehead atoms. The van der Waals surface area contributed by atoms with E-state index in [4.69, 9.17) is 4.74 Å². The summed E-state index contributed by atoms with van der Waals surface area (Å²) >= 11 is 0. The first-order valence-electron chi connectivity index (χ1n) is 6.70. The molecule has 1 saturated carbocycles. The van der Waals surface area contributed by atoms with Gasteiger partial charge in [0.1, 0.15) is 6.33 Å². The van der Waals surface area contributed by atoms with Gasteiger partial charge in [0, 0.05) is 13.7 Å². The second-order valence-corrected chi connectivity index (χ2v) is 4.66. The number of methoxy groups -OCH3 is 1. The third-order valence-electron chi connectivity index (χ3n) is 3.43. The second-order valence-electron chi connectivity index (χ2n) is 4.66. The highest BCUT2D eigenvalue weighted by molar-refractivity contribution is 5.69. The fourth-order valence-electron chi connectivity index (χ4n) is 2.50. The van der Waals surface area contributed by atoms with Gasteiger partial charge in [-0.15, -0.1) is 0 Å². The van der Waals surface area contributed by atoms with Gasteiger partial charge in [0.05, 0.1) is 17.1 Å². The lowest BCUT2D eigenvalue weighted by Crippen LogP contribution is -2.30. The van der Waals surface area contributed by atoms with Crippen LogP contribution in [-0.4, -0.2) is 40.7 Å². The maximum atomic E-state index is 11.3. The Morgan fingerprint density at radius 1 is 1.45 bits per heavy atom. The van der Waals surface area contributed by atoms with Gasteiger partial charge in [-0.05, 0) is 26.2 Å². The summed E-state index contributed by atoms with van der Waals surface area (Å²) in [5.41, 5.74) is -0.115. The van der Waals surface area contributed by atoms with Crippen LogP contribution in [0.15, 0.2) is 6.33 Å². The Morgan fingerprint density at radius 2 is 2.20 bits per heavy atom. The van der Waals surface area contributed by atoms with E-state index in [0.717, 1.165) is 19.3 Å². The predicted octanol–water partition coefficient (Wildman–Crippen LogP) is 1.80. The molecular formula is C12H19N5O3. The van der Waals surface area contributed by atoms with Crippen molar-refractivity contribution in [2.24, 2.45) is 0 Å². The molecule has 1 heterocycles. The summed E-state index contributed by atoms with van der Waals surface area (Å²) < 4.78 is 5.38. The highest BCUT2D eigenvalue weighted by Gasteiger charge is 2.31. The van der Waals surface area contributed by atoms with Crippen molar-refractivity contribution < 1.29 is 9.66 Å². The van der Waals surface area contributed by atoms with Crippen molar-refractivity contribution in [3.05, 3.63) is 16.4 Å².